The second-order valence-corrected chi connectivity index (χ2v) is 7.01. The Morgan fingerprint density at radius 3 is 2.59 bits per heavy atom. The highest BCUT2D eigenvalue weighted by Crippen LogP contribution is 2.31. The number of hydrogen-bond donors (Lipinski definition) is 0. The van der Waals surface area contributed by atoms with Crippen LogP contribution in [0, 0.1) is 0 Å². The Morgan fingerprint density at radius 1 is 1.18 bits per heavy atom. The van der Waals surface area contributed by atoms with E-state index >= 15 is 0 Å². The van der Waals surface area contributed by atoms with Crippen LogP contribution in [0.4, 0.5) is 5.69 Å². The number of carbonyl (C=O) groups excluding carboxylic acids is 1. The number of nitrogens with zero attached hydrogens (tertiary/aromatic N) is 2. The Hall–Kier alpha value is -1.81. The maximum atomic E-state index is 12.7. The molecule has 1 aliphatic heterocycles. The van der Waals surface area contributed by atoms with Crippen molar-refractivity contribution in [3.05, 3.63) is 52.2 Å². The molecule has 116 valence electrons. The van der Waals surface area contributed by atoms with Crippen LogP contribution in [0.2, 0.25) is 0 Å². The summed E-state index contributed by atoms with van der Waals surface area (Å²) in [5, 5.41) is 2.14. The monoisotopic (exact) mass is 314 g/mol. The van der Waals surface area contributed by atoms with Gasteiger partial charge >= 0.3 is 0 Å². The van der Waals surface area contributed by atoms with Crippen molar-refractivity contribution in [1.29, 1.82) is 0 Å². The zero-order valence-corrected chi connectivity index (χ0v) is 14.0. The van der Waals surface area contributed by atoms with Gasteiger partial charge < -0.3 is 9.80 Å². The van der Waals surface area contributed by atoms with Gasteiger partial charge in [-0.25, -0.2) is 0 Å². The van der Waals surface area contributed by atoms with E-state index in [1.54, 1.807) is 0 Å². The van der Waals surface area contributed by atoms with Gasteiger partial charge in [-0.05, 0) is 48.4 Å². The molecule has 1 aliphatic rings. The van der Waals surface area contributed by atoms with Gasteiger partial charge in [0.25, 0.3) is 5.91 Å². The first-order valence-electron chi connectivity index (χ1n) is 7.75. The summed E-state index contributed by atoms with van der Waals surface area (Å²) in [5.74, 6) is 0.783. The Labute approximate surface area is 136 Å². The molecule has 3 rings (SSSR count). The van der Waals surface area contributed by atoms with Gasteiger partial charge in [-0.2, -0.15) is 0 Å². The molecule has 4 heteroatoms. The van der Waals surface area contributed by atoms with Crippen LogP contribution in [-0.4, -0.2) is 38.0 Å². The molecule has 0 spiro atoms. The second kappa shape index (κ2) is 6.53. The molecule has 0 radical (unpaired) electrons. The topological polar surface area (TPSA) is 23.6 Å². The number of thiophene rings is 1. The number of carbonyl (C=O) groups is 1. The van der Waals surface area contributed by atoms with E-state index in [-0.39, 0.29) is 5.91 Å². The average molecular weight is 314 g/mol. The van der Waals surface area contributed by atoms with Crippen LogP contribution >= 0.6 is 11.3 Å². The summed E-state index contributed by atoms with van der Waals surface area (Å²) in [4.78, 5) is 18.2. The average Bonchev–Trinajstić information content (AvgIpc) is 3.09. The number of piperidine rings is 1. The van der Waals surface area contributed by atoms with Crippen molar-refractivity contribution in [3.63, 3.8) is 0 Å². The van der Waals surface area contributed by atoms with Gasteiger partial charge in [-0.3, -0.25) is 4.79 Å². The van der Waals surface area contributed by atoms with E-state index in [4.69, 9.17) is 0 Å². The molecule has 0 saturated carbocycles. The molecule has 2 heterocycles. The summed E-state index contributed by atoms with van der Waals surface area (Å²) in [7, 11) is 3.99. The van der Waals surface area contributed by atoms with Crippen molar-refractivity contribution >= 4 is 22.9 Å². The summed E-state index contributed by atoms with van der Waals surface area (Å²) in [6, 6.07) is 12.2. The quantitative estimate of drug-likeness (QED) is 0.859. The molecule has 1 amide bonds. The van der Waals surface area contributed by atoms with Crippen LogP contribution in [0.15, 0.2) is 41.8 Å². The van der Waals surface area contributed by atoms with Gasteiger partial charge in [0, 0.05) is 43.3 Å². The fourth-order valence-corrected chi connectivity index (χ4v) is 3.89. The minimum atomic E-state index is 0.160. The number of likely N-dealkylation sites (tertiary alicyclic amines) is 1. The Balaban J connectivity index is 1.66. The molecule has 1 saturated heterocycles. The SMILES string of the molecule is CN(C)c1cccc(C(=O)N2CCC(c3cccs3)CC2)c1. The lowest BCUT2D eigenvalue weighted by Gasteiger charge is -2.31. The Kier molecular flexibility index (Phi) is 4.48. The third-order valence-corrected chi connectivity index (χ3v) is 5.37. The standard InChI is InChI=1S/C18H22N2OS/c1-19(2)16-6-3-5-15(13-16)18(21)20-10-8-14(9-11-20)17-7-4-12-22-17/h3-7,12-14H,8-11H2,1-2H3. The van der Waals surface area contributed by atoms with Crippen molar-refractivity contribution in [2.45, 2.75) is 18.8 Å². The predicted octanol–water partition coefficient (Wildman–Crippen LogP) is 3.83. The summed E-state index contributed by atoms with van der Waals surface area (Å²) in [6.07, 6.45) is 2.14. The van der Waals surface area contributed by atoms with Crippen LogP contribution in [0.5, 0.6) is 0 Å². The lowest BCUT2D eigenvalue weighted by molar-refractivity contribution is 0.0714. The Morgan fingerprint density at radius 2 is 1.95 bits per heavy atom. The van der Waals surface area contributed by atoms with E-state index in [0.717, 1.165) is 37.2 Å². The Bertz CT molecular complexity index is 628. The summed E-state index contributed by atoms with van der Waals surface area (Å²) >= 11 is 1.83. The third-order valence-electron chi connectivity index (χ3n) is 4.34. The van der Waals surface area contributed by atoms with E-state index in [2.05, 4.69) is 17.5 Å². The minimum absolute atomic E-state index is 0.160. The molecule has 1 fully saturated rings. The van der Waals surface area contributed by atoms with Gasteiger partial charge in [-0.1, -0.05) is 12.1 Å². The van der Waals surface area contributed by atoms with Crippen LogP contribution in [0.3, 0.4) is 0 Å². The molecule has 0 bridgehead atoms. The third kappa shape index (κ3) is 3.17. The highest BCUT2D eigenvalue weighted by molar-refractivity contribution is 7.10. The maximum absolute atomic E-state index is 12.7. The van der Waals surface area contributed by atoms with Gasteiger partial charge in [0.15, 0.2) is 0 Å². The first kappa shape index (κ1) is 15.1. The molecule has 0 atom stereocenters. The lowest BCUT2D eigenvalue weighted by atomic mass is 9.95. The van der Waals surface area contributed by atoms with E-state index in [1.165, 1.54) is 4.88 Å². The smallest absolute Gasteiger partial charge is 0.253 e. The molecule has 1 aromatic carbocycles. The van der Waals surface area contributed by atoms with Crippen molar-refractivity contribution in [2.24, 2.45) is 0 Å². The molecule has 3 nitrogen and oxygen atoms in total. The molecule has 0 aliphatic carbocycles. The molecule has 0 unspecified atom stereocenters. The lowest BCUT2D eigenvalue weighted by Crippen LogP contribution is -2.37. The van der Waals surface area contributed by atoms with E-state index < -0.39 is 0 Å². The first-order chi connectivity index (χ1) is 10.6. The largest absolute Gasteiger partial charge is 0.378 e. The van der Waals surface area contributed by atoms with E-state index in [0.29, 0.717) is 5.92 Å². The molecule has 22 heavy (non-hydrogen) atoms. The normalized spacial score (nSPS) is 15.8. The number of hydrogen-bond acceptors (Lipinski definition) is 3. The number of amides is 1. The molecule has 2 aromatic rings. The maximum Gasteiger partial charge on any atom is 0.253 e. The van der Waals surface area contributed by atoms with Crippen LogP contribution < -0.4 is 4.90 Å². The molecule has 1 aromatic heterocycles. The fraction of sp³-hybridized carbons (Fsp3) is 0.389. The van der Waals surface area contributed by atoms with Gasteiger partial charge in [0.05, 0.1) is 0 Å². The van der Waals surface area contributed by atoms with E-state index in [9.17, 15) is 4.79 Å². The highest BCUT2D eigenvalue weighted by Gasteiger charge is 2.25. The molecule has 0 N–H and O–H groups in total. The molecular weight excluding hydrogens is 292 g/mol. The first-order valence-corrected chi connectivity index (χ1v) is 8.63. The minimum Gasteiger partial charge on any atom is -0.378 e. The predicted molar refractivity (Wildman–Crippen MR) is 93.0 cm³/mol. The number of benzene rings is 1. The van der Waals surface area contributed by atoms with Crippen molar-refractivity contribution < 1.29 is 4.79 Å². The summed E-state index contributed by atoms with van der Waals surface area (Å²) in [5.41, 5.74) is 1.86. The van der Waals surface area contributed by atoms with Gasteiger partial charge in [-0.15, -0.1) is 11.3 Å². The van der Waals surface area contributed by atoms with Crippen LogP contribution in [-0.2, 0) is 0 Å². The number of rotatable bonds is 3. The zero-order valence-electron chi connectivity index (χ0n) is 13.2. The van der Waals surface area contributed by atoms with Crippen molar-refractivity contribution in [1.82, 2.24) is 4.90 Å². The molecular formula is C18H22N2OS. The van der Waals surface area contributed by atoms with Gasteiger partial charge in [0.1, 0.15) is 0 Å². The van der Waals surface area contributed by atoms with Crippen molar-refractivity contribution in [2.75, 3.05) is 32.1 Å². The van der Waals surface area contributed by atoms with E-state index in [1.807, 2.05) is 59.5 Å². The summed E-state index contributed by atoms with van der Waals surface area (Å²) < 4.78 is 0. The van der Waals surface area contributed by atoms with Gasteiger partial charge in [0.2, 0.25) is 0 Å². The van der Waals surface area contributed by atoms with Crippen molar-refractivity contribution in [3.8, 4) is 0 Å². The highest BCUT2D eigenvalue weighted by atomic mass is 32.1. The number of anilines is 1. The van der Waals surface area contributed by atoms with Crippen LogP contribution in [0.25, 0.3) is 0 Å². The second-order valence-electron chi connectivity index (χ2n) is 6.03. The fourth-order valence-electron chi connectivity index (χ4n) is 2.99. The zero-order chi connectivity index (χ0) is 15.5. The summed E-state index contributed by atoms with van der Waals surface area (Å²) in [6.45, 7) is 1.71. The van der Waals surface area contributed by atoms with Crippen LogP contribution in [0.1, 0.15) is 34.0 Å².